The Morgan fingerprint density at radius 3 is 2.45 bits per heavy atom. The number of hydrogen-bond acceptors (Lipinski definition) is 3. The fourth-order valence-corrected chi connectivity index (χ4v) is 4.12. The zero-order valence-electron chi connectivity index (χ0n) is 18.7. The van der Waals surface area contributed by atoms with Crippen molar-refractivity contribution in [2.75, 3.05) is 12.3 Å². The molecule has 3 heteroatoms. The maximum atomic E-state index is 6.29. The molecule has 3 nitrogen and oxygen atoms in total. The fourth-order valence-electron chi connectivity index (χ4n) is 4.12. The first-order valence-electron chi connectivity index (χ1n) is 11.4. The van der Waals surface area contributed by atoms with Gasteiger partial charge in [0.15, 0.2) is 0 Å². The van der Waals surface area contributed by atoms with Gasteiger partial charge in [-0.2, -0.15) is 0 Å². The molecule has 1 heterocycles. The van der Waals surface area contributed by atoms with Crippen LogP contribution in [0.2, 0.25) is 0 Å². The second kappa shape index (κ2) is 9.82. The third-order valence-corrected chi connectivity index (χ3v) is 5.92. The van der Waals surface area contributed by atoms with Gasteiger partial charge in [-0.15, -0.1) is 0 Å². The number of anilines is 1. The predicted molar refractivity (Wildman–Crippen MR) is 132 cm³/mol. The molecular formula is C28H32N2O. The van der Waals surface area contributed by atoms with E-state index in [0.717, 1.165) is 48.2 Å². The Morgan fingerprint density at radius 1 is 0.839 bits per heavy atom. The highest BCUT2D eigenvalue weighted by Crippen LogP contribution is 2.30. The number of hydrogen-bond donors (Lipinski definition) is 1. The SMILES string of the molecule is CCCCCCOc1ccc(CCc2cnc3c(N)cc4cc(C)ccc4c3c2)cc1. The minimum Gasteiger partial charge on any atom is -0.494 e. The molecule has 0 saturated heterocycles. The van der Waals surface area contributed by atoms with Crippen LogP contribution in [0.4, 0.5) is 5.69 Å². The number of nitrogen functional groups attached to an aromatic ring is 1. The molecule has 0 saturated carbocycles. The number of unbranched alkanes of at least 4 members (excludes halogenated alkanes) is 3. The molecule has 4 aromatic rings. The molecule has 4 rings (SSSR count). The number of pyridine rings is 1. The van der Waals surface area contributed by atoms with Crippen LogP contribution in [0.15, 0.2) is 60.8 Å². The van der Waals surface area contributed by atoms with Crippen molar-refractivity contribution in [3.63, 3.8) is 0 Å². The molecule has 2 N–H and O–H groups in total. The lowest BCUT2D eigenvalue weighted by atomic mass is 9.99. The van der Waals surface area contributed by atoms with E-state index in [1.165, 1.54) is 46.7 Å². The van der Waals surface area contributed by atoms with Crippen molar-refractivity contribution in [3.8, 4) is 5.75 Å². The fraction of sp³-hybridized carbons (Fsp3) is 0.321. The van der Waals surface area contributed by atoms with Crippen LogP contribution in [0.3, 0.4) is 0 Å². The van der Waals surface area contributed by atoms with E-state index in [1.54, 1.807) is 0 Å². The monoisotopic (exact) mass is 412 g/mol. The maximum Gasteiger partial charge on any atom is 0.119 e. The van der Waals surface area contributed by atoms with Gasteiger partial charge in [-0.05, 0) is 72.4 Å². The van der Waals surface area contributed by atoms with Crippen LogP contribution in [-0.2, 0) is 12.8 Å². The first-order chi connectivity index (χ1) is 15.1. The summed E-state index contributed by atoms with van der Waals surface area (Å²) in [6.07, 6.45) is 8.80. The Balaban J connectivity index is 1.43. The van der Waals surface area contributed by atoms with Gasteiger partial charge in [0.05, 0.1) is 17.8 Å². The summed E-state index contributed by atoms with van der Waals surface area (Å²) in [7, 11) is 0. The number of rotatable bonds is 9. The van der Waals surface area contributed by atoms with Crippen LogP contribution in [0.1, 0.15) is 49.3 Å². The van der Waals surface area contributed by atoms with Crippen LogP contribution < -0.4 is 10.5 Å². The molecular weight excluding hydrogens is 380 g/mol. The third kappa shape index (κ3) is 5.16. The molecule has 0 atom stereocenters. The zero-order chi connectivity index (χ0) is 21.6. The third-order valence-electron chi connectivity index (χ3n) is 5.92. The number of ether oxygens (including phenoxy) is 1. The van der Waals surface area contributed by atoms with E-state index in [-0.39, 0.29) is 0 Å². The number of nitrogens with zero attached hydrogens (tertiary/aromatic N) is 1. The number of nitrogens with two attached hydrogens (primary N) is 1. The molecule has 0 fully saturated rings. The molecule has 0 aliphatic heterocycles. The molecule has 0 radical (unpaired) electrons. The summed E-state index contributed by atoms with van der Waals surface area (Å²) >= 11 is 0. The summed E-state index contributed by atoms with van der Waals surface area (Å²) in [5.74, 6) is 0.963. The quantitative estimate of drug-likeness (QED) is 0.182. The molecule has 3 aromatic carbocycles. The molecule has 0 aliphatic rings. The Hall–Kier alpha value is -3.07. The largest absolute Gasteiger partial charge is 0.494 e. The number of fused-ring (bicyclic) bond motifs is 3. The summed E-state index contributed by atoms with van der Waals surface area (Å²) in [5.41, 5.74) is 11.7. The average molecular weight is 413 g/mol. The van der Waals surface area contributed by atoms with E-state index in [4.69, 9.17) is 10.5 Å². The van der Waals surface area contributed by atoms with Gasteiger partial charge < -0.3 is 10.5 Å². The maximum absolute atomic E-state index is 6.29. The minimum absolute atomic E-state index is 0.741. The zero-order valence-corrected chi connectivity index (χ0v) is 18.7. The van der Waals surface area contributed by atoms with E-state index in [0.29, 0.717) is 0 Å². The summed E-state index contributed by atoms with van der Waals surface area (Å²) in [6.45, 7) is 5.14. The topological polar surface area (TPSA) is 48.1 Å². The highest BCUT2D eigenvalue weighted by atomic mass is 16.5. The lowest BCUT2D eigenvalue weighted by molar-refractivity contribution is 0.305. The first kappa shape index (κ1) is 21.2. The molecule has 31 heavy (non-hydrogen) atoms. The van der Waals surface area contributed by atoms with Gasteiger partial charge in [-0.1, -0.05) is 62.1 Å². The molecule has 0 unspecified atom stereocenters. The van der Waals surface area contributed by atoms with Crippen LogP contribution in [0, 0.1) is 6.92 Å². The molecule has 1 aromatic heterocycles. The van der Waals surface area contributed by atoms with Crippen LogP contribution in [0.5, 0.6) is 5.75 Å². The van der Waals surface area contributed by atoms with Crippen molar-refractivity contribution in [1.82, 2.24) is 4.98 Å². The summed E-state index contributed by atoms with van der Waals surface area (Å²) in [6, 6.07) is 19.3. The van der Waals surface area contributed by atoms with Gasteiger partial charge in [0.25, 0.3) is 0 Å². The van der Waals surface area contributed by atoms with Crippen LogP contribution in [-0.4, -0.2) is 11.6 Å². The van der Waals surface area contributed by atoms with Gasteiger partial charge in [-0.25, -0.2) is 0 Å². The standard InChI is InChI=1S/C28H32N2O/c1-3-4-5-6-15-31-24-12-10-21(11-13-24)8-9-22-17-26-25-14-7-20(2)16-23(25)18-27(29)28(26)30-19-22/h7,10-14,16-19H,3-6,8-9,15,29H2,1-2H3. The molecule has 0 aliphatic carbocycles. The van der Waals surface area contributed by atoms with Crippen molar-refractivity contribution in [2.24, 2.45) is 0 Å². The van der Waals surface area contributed by atoms with Gasteiger partial charge >= 0.3 is 0 Å². The summed E-state index contributed by atoms with van der Waals surface area (Å²) in [5, 5.41) is 3.53. The number of aryl methyl sites for hydroxylation is 3. The van der Waals surface area contributed by atoms with Crippen molar-refractivity contribution >= 4 is 27.4 Å². The smallest absolute Gasteiger partial charge is 0.119 e. The first-order valence-corrected chi connectivity index (χ1v) is 11.4. The number of aromatic nitrogens is 1. The van der Waals surface area contributed by atoms with Gasteiger partial charge in [0, 0.05) is 11.6 Å². The van der Waals surface area contributed by atoms with E-state index in [1.807, 2.05) is 12.3 Å². The Bertz CT molecular complexity index is 1170. The van der Waals surface area contributed by atoms with Crippen molar-refractivity contribution in [3.05, 3.63) is 77.5 Å². The number of benzene rings is 3. The van der Waals surface area contributed by atoms with E-state index >= 15 is 0 Å². The Morgan fingerprint density at radius 2 is 1.65 bits per heavy atom. The predicted octanol–water partition coefficient (Wildman–Crippen LogP) is 7.02. The lowest BCUT2D eigenvalue weighted by Gasteiger charge is -2.10. The van der Waals surface area contributed by atoms with Crippen LogP contribution >= 0.6 is 0 Å². The highest BCUT2D eigenvalue weighted by molar-refractivity contribution is 6.11. The summed E-state index contributed by atoms with van der Waals surface area (Å²) < 4.78 is 5.86. The molecule has 160 valence electrons. The van der Waals surface area contributed by atoms with E-state index in [2.05, 4.69) is 67.4 Å². The summed E-state index contributed by atoms with van der Waals surface area (Å²) in [4.78, 5) is 4.69. The minimum atomic E-state index is 0.741. The Labute approximate surface area is 185 Å². The van der Waals surface area contributed by atoms with E-state index in [9.17, 15) is 0 Å². The normalized spacial score (nSPS) is 11.3. The van der Waals surface area contributed by atoms with E-state index < -0.39 is 0 Å². The lowest BCUT2D eigenvalue weighted by Crippen LogP contribution is -1.98. The second-order valence-corrected chi connectivity index (χ2v) is 8.48. The van der Waals surface area contributed by atoms with Crippen molar-refractivity contribution in [1.29, 1.82) is 0 Å². The molecule has 0 spiro atoms. The van der Waals surface area contributed by atoms with Gasteiger partial charge in [-0.3, -0.25) is 4.98 Å². The average Bonchev–Trinajstić information content (AvgIpc) is 2.78. The van der Waals surface area contributed by atoms with Gasteiger partial charge in [0.1, 0.15) is 5.75 Å². The van der Waals surface area contributed by atoms with Crippen molar-refractivity contribution in [2.45, 2.75) is 52.4 Å². The molecule has 0 bridgehead atoms. The molecule has 0 amide bonds. The Kier molecular flexibility index (Phi) is 6.71. The van der Waals surface area contributed by atoms with Crippen LogP contribution in [0.25, 0.3) is 21.7 Å². The highest BCUT2D eigenvalue weighted by Gasteiger charge is 2.08. The second-order valence-electron chi connectivity index (χ2n) is 8.48. The van der Waals surface area contributed by atoms with Gasteiger partial charge in [0.2, 0.25) is 0 Å². The van der Waals surface area contributed by atoms with Crippen molar-refractivity contribution < 1.29 is 4.74 Å².